The molecule has 0 aromatic heterocycles. The molecule has 1 aromatic carbocycles. The Morgan fingerprint density at radius 2 is 1.82 bits per heavy atom. The Balaban J connectivity index is 1.57. The van der Waals surface area contributed by atoms with E-state index in [1.54, 1.807) is 21.3 Å². The Labute approximate surface area is 168 Å². The monoisotopic (exact) mass is 390 g/mol. The lowest BCUT2D eigenvalue weighted by Crippen LogP contribution is -2.50. The molecule has 2 amide bonds. The van der Waals surface area contributed by atoms with Crippen LogP contribution in [0.1, 0.15) is 45.6 Å². The van der Waals surface area contributed by atoms with Gasteiger partial charge < -0.3 is 24.8 Å². The van der Waals surface area contributed by atoms with Crippen LogP contribution in [0, 0.1) is 16.7 Å². The lowest BCUT2D eigenvalue weighted by atomic mass is 9.69. The van der Waals surface area contributed by atoms with E-state index >= 15 is 0 Å². The number of amides is 2. The summed E-state index contributed by atoms with van der Waals surface area (Å²) in [6.45, 7) is 7.56. The van der Waals surface area contributed by atoms with Gasteiger partial charge >= 0.3 is 6.03 Å². The largest absolute Gasteiger partial charge is 0.493 e. The van der Waals surface area contributed by atoms with Crippen LogP contribution < -0.4 is 24.8 Å². The Morgan fingerprint density at radius 1 is 1.11 bits per heavy atom. The number of ether oxygens (including phenoxy) is 3. The van der Waals surface area contributed by atoms with Gasteiger partial charge in [0.05, 0.1) is 21.3 Å². The average molecular weight is 391 g/mol. The molecule has 2 fully saturated rings. The molecule has 2 bridgehead atoms. The van der Waals surface area contributed by atoms with Crippen molar-refractivity contribution in [3.05, 3.63) is 17.7 Å². The molecule has 2 saturated carbocycles. The zero-order valence-electron chi connectivity index (χ0n) is 18.0. The molecule has 3 rings (SSSR count). The maximum absolute atomic E-state index is 12.5. The Morgan fingerprint density at radius 3 is 2.36 bits per heavy atom. The lowest BCUT2D eigenvalue weighted by Gasteiger charge is -2.39. The molecule has 156 valence electrons. The predicted octanol–water partition coefficient (Wildman–Crippen LogP) is 3.77. The van der Waals surface area contributed by atoms with Crippen molar-refractivity contribution in [1.29, 1.82) is 0 Å². The van der Waals surface area contributed by atoms with E-state index in [0.717, 1.165) is 12.0 Å². The summed E-state index contributed by atoms with van der Waals surface area (Å²) in [7, 11) is 4.80. The fraction of sp³-hybridized carbons (Fsp3) is 0.682. The molecule has 2 N–H and O–H groups in total. The summed E-state index contributed by atoms with van der Waals surface area (Å²) in [4.78, 5) is 12.5. The topological polar surface area (TPSA) is 68.8 Å². The van der Waals surface area contributed by atoms with E-state index < -0.39 is 0 Å². The summed E-state index contributed by atoms with van der Waals surface area (Å²) in [5.74, 6) is 2.55. The minimum Gasteiger partial charge on any atom is -0.493 e. The third-order valence-electron chi connectivity index (χ3n) is 7.56. The van der Waals surface area contributed by atoms with E-state index in [9.17, 15) is 4.79 Å². The number of fused-ring (bicyclic) bond motifs is 2. The number of nitrogens with one attached hydrogen (secondary N) is 2. The van der Waals surface area contributed by atoms with Gasteiger partial charge in [-0.1, -0.05) is 26.8 Å². The quantitative estimate of drug-likeness (QED) is 0.744. The van der Waals surface area contributed by atoms with Gasteiger partial charge in [0.1, 0.15) is 0 Å². The summed E-state index contributed by atoms with van der Waals surface area (Å²) < 4.78 is 16.3. The van der Waals surface area contributed by atoms with Crippen LogP contribution in [0.15, 0.2) is 12.1 Å². The third-order valence-corrected chi connectivity index (χ3v) is 7.56. The number of hydrogen-bond donors (Lipinski definition) is 2. The number of carbonyl (C=O) groups excluding carboxylic acids is 1. The molecule has 1 aromatic rings. The van der Waals surface area contributed by atoms with E-state index in [1.165, 1.54) is 12.8 Å². The van der Waals surface area contributed by atoms with Gasteiger partial charge in [0.2, 0.25) is 5.75 Å². The number of benzene rings is 1. The van der Waals surface area contributed by atoms with Crippen LogP contribution in [0.25, 0.3) is 0 Å². The molecule has 2 aliphatic carbocycles. The van der Waals surface area contributed by atoms with E-state index in [0.29, 0.717) is 36.1 Å². The summed E-state index contributed by atoms with van der Waals surface area (Å²) in [5, 5.41) is 6.24. The molecule has 0 aliphatic heterocycles. The Hall–Kier alpha value is -2.11. The normalized spacial score (nSPS) is 27.4. The maximum atomic E-state index is 12.5. The lowest BCUT2D eigenvalue weighted by molar-refractivity contribution is 0.123. The maximum Gasteiger partial charge on any atom is 0.315 e. The fourth-order valence-corrected chi connectivity index (χ4v) is 5.30. The molecule has 6 heteroatoms. The van der Waals surface area contributed by atoms with Crippen LogP contribution in [0.5, 0.6) is 17.2 Å². The first-order valence-electron chi connectivity index (χ1n) is 10.1. The SMILES string of the molecule is COc1ccc(CCNC(=O)NC2CC3CCC2(C)C3(C)C)c(OC)c1OC. The van der Waals surface area contributed by atoms with Crippen molar-refractivity contribution in [3.63, 3.8) is 0 Å². The number of methoxy groups -OCH3 is 3. The minimum atomic E-state index is -0.0889. The van der Waals surface area contributed by atoms with E-state index in [-0.39, 0.29) is 22.9 Å². The van der Waals surface area contributed by atoms with E-state index in [1.807, 2.05) is 12.1 Å². The molecule has 2 aliphatic rings. The van der Waals surface area contributed by atoms with Crippen LogP contribution >= 0.6 is 0 Å². The van der Waals surface area contributed by atoms with Crippen LogP contribution in [-0.2, 0) is 6.42 Å². The van der Waals surface area contributed by atoms with Crippen LogP contribution in [0.2, 0.25) is 0 Å². The average Bonchev–Trinajstić information content (AvgIpc) is 3.00. The van der Waals surface area contributed by atoms with Crippen molar-refractivity contribution in [2.75, 3.05) is 27.9 Å². The number of rotatable bonds is 7. The second-order valence-electron chi connectivity index (χ2n) is 8.81. The zero-order valence-corrected chi connectivity index (χ0v) is 18.0. The van der Waals surface area contributed by atoms with Gasteiger partial charge in [-0.2, -0.15) is 0 Å². The molecule has 3 unspecified atom stereocenters. The van der Waals surface area contributed by atoms with Crippen LogP contribution in [0.4, 0.5) is 4.79 Å². The van der Waals surface area contributed by atoms with E-state index in [4.69, 9.17) is 14.2 Å². The predicted molar refractivity (Wildman–Crippen MR) is 109 cm³/mol. The summed E-state index contributed by atoms with van der Waals surface area (Å²) in [5.41, 5.74) is 1.44. The standard InChI is InChI=1S/C22H34N2O4/c1-21(2)15-9-11-22(21,3)17(13-15)24-20(25)23-12-10-14-7-8-16(26-4)19(28-6)18(14)27-5/h7-8,15,17H,9-13H2,1-6H3,(H2,23,24,25). The van der Waals surface area contributed by atoms with Gasteiger partial charge in [-0.05, 0) is 48.5 Å². The first-order valence-corrected chi connectivity index (χ1v) is 10.1. The van der Waals surface area contributed by atoms with Gasteiger partial charge in [0.25, 0.3) is 0 Å². The molecular formula is C22H34N2O4. The first kappa shape index (κ1) is 20.6. The minimum absolute atomic E-state index is 0.0889. The van der Waals surface area contributed by atoms with Crippen molar-refractivity contribution in [2.45, 2.75) is 52.5 Å². The fourth-order valence-electron chi connectivity index (χ4n) is 5.30. The van der Waals surface area contributed by atoms with E-state index in [2.05, 4.69) is 31.4 Å². The van der Waals surface area contributed by atoms with Crippen molar-refractivity contribution in [1.82, 2.24) is 10.6 Å². The van der Waals surface area contributed by atoms with Crippen molar-refractivity contribution >= 4 is 6.03 Å². The van der Waals surface area contributed by atoms with Gasteiger partial charge in [-0.25, -0.2) is 4.79 Å². The van der Waals surface area contributed by atoms with Crippen molar-refractivity contribution in [3.8, 4) is 17.2 Å². The van der Waals surface area contributed by atoms with Crippen LogP contribution in [0.3, 0.4) is 0 Å². The molecular weight excluding hydrogens is 356 g/mol. The number of hydrogen-bond acceptors (Lipinski definition) is 4. The van der Waals surface area contributed by atoms with Gasteiger partial charge in [-0.3, -0.25) is 0 Å². The molecule has 0 radical (unpaired) electrons. The highest BCUT2D eigenvalue weighted by molar-refractivity contribution is 5.74. The number of carbonyl (C=O) groups is 1. The second kappa shape index (κ2) is 7.72. The van der Waals surface area contributed by atoms with Crippen LogP contribution in [-0.4, -0.2) is 39.9 Å². The Bertz CT molecular complexity index is 733. The van der Waals surface area contributed by atoms with Gasteiger partial charge in [0, 0.05) is 18.2 Å². The third kappa shape index (κ3) is 3.27. The highest BCUT2D eigenvalue weighted by Crippen LogP contribution is 2.65. The molecule has 0 heterocycles. The molecule has 28 heavy (non-hydrogen) atoms. The number of urea groups is 1. The second-order valence-corrected chi connectivity index (χ2v) is 8.81. The van der Waals surface area contributed by atoms with Crippen molar-refractivity contribution in [2.24, 2.45) is 16.7 Å². The molecule has 0 saturated heterocycles. The van der Waals surface area contributed by atoms with Gasteiger partial charge in [0.15, 0.2) is 11.5 Å². The highest BCUT2D eigenvalue weighted by atomic mass is 16.5. The zero-order chi connectivity index (χ0) is 20.5. The summed E-state index contributed by atoms with van der Waals surface area (Å²) >= 11 is 0. The van der Waals surface area contributed by atoms with Gasteiger partial charge in [-0.15, -0.1) is 0 Å². The molecule has 3 atom stereocenters. The molecule has 6 nitrogen and oxygen atoms in total. The summed E-state index contributed by atoms with van der Waals surface area (Å²) in [6, 6.07) is 3.96. The first-order chi connectivity index (χ1) is 13.3. The summed E-state index contributed by atoms with van der Waals surface area (Å²) in [6.07, 6.45) is 4.20. The van der Waals surface area contributed by atoms with Crippen molar-refractivity contribution < 1.29 is 19.0 Å². The highest BCUT2D eigenvalue weighted by Gasteiger charge is 2.61. The Kier molecular flexibility index (Phi) is 5.69. The smallest absolute Gasteiger partial charge is 0.315 e. The molecule has 0 spiro atoms.